The van der Waals surface area contributed by atoms with E-state index in [1.165, 1.54) is 0 Å². The van der Waals surface area contributed by atoms with Crippen molar-refractivity contribution in [1.29, 1.82) is 5.26 Å². The maximum atomic E-state index is 11.5. The number of nitrogens with zero attached hydrogens (tertiary/aromatic N) is 2. The van der Waals surface area contributed by atoms with Gasteiger partial charge in [0.25, 0.3) is 0 Å². The number of ether oxygens (including phenoxy) is 1. The van der Waals surface area contributed by atoms with Crippen molar-refractivity contribution in [2.24, 2.45) is 0 Å². The van der Waals surface area contributed by atoms with Crippen LogP contribution in [0, 0.1) is 11.3 Å². The van der Waals surface area contributed by atoms with Crippen molar-refractivity contribution in [2.45, 2.75) is 6.42 Å². The highest BCUT2D eigenvalue weighted by molar-refractivity contribution is 5.97. The Morgan fingerprint density at radius 3 is 2.53 bits per heavy atom. The number of morpholine rings is 1. The number of Topliss-reactive ketones (excluding diaryl/α,β-unsaturated/α-hetero) is 1. The van der Waals surface area contributed by atoms with Crippen molar-refractivity contribution in [2.75, 3.05) is 31.2 Å². The zero-order chi connectivity index (χ0) is 12.1. The van der Waals surface area contributed by atoms with E-state index in [4.69, 9.17) is 10.00 Å². The van der Waals surface area contributed by atoms with Crippen LogP contribution in [-0.4, -0.2) is 32.1 Å². The van der Waals surface area contributed by atoms with Gasteiger partial charge in [0.1, 0.15) is 0 Å². The molecule has 1 aromatic rings. The molecule has 0 atom stereocenters. The summed E-state index contributed by atoms with van der Waals surface area (Å²) in [5.41, 5.74) is 1.70. The Labute approximate surface area is 100 Å². The first-order valence-corrected chi connectivity index (χ1v) is 5.64. The lowest BCUT2D eigenvalue weighted by Gasteiger charge is -2.28. The standard InChI is InChI=1S/C13H14N2O2/c14-6-5-13(16)11-1-3-12(4-2-11)15-7-9-17-10-8-15/h1-4H,5,7-10H2. The SMILES string of the molecule is N#CCC(=O)c1ccc(N2CCOCC2)cc1. The van der Waals surface area contributed by atoms with E-state index in [1.54, 1.807) is 12.1 Å². The summed E-state index contributed by atoms with van der Waals surface area (Å²) >= 11 is 0. The van der Waals surface area contributed by atoms with Crippen molar-refractivity contribution in [1.82, 2.24) is 0 Å². The van der Waals surface area contributed by atoms with Crippen molar-refractivity contribution in [3.63, 3.8) is 0 Å². The normalized spacial score (nSPS) is 15.4. The summed E-state index contributed by atoms with van der Waals surface area (Å²) in [7, 11) is 0. The van der Waals surface area contributed by atoms with Crippen molar-refractivity contribution >= 4 is 11.5 Å². The number of rotatable bonds is 3. The van der Waals surface area contributed by atoms with Crippen LogP contribution in [0.2, 0.25) is 0 Å². The molecule has 4 heteroatoms. The Hall–Kier alpha value is -1.86. The highest BCUT2D eigenvalue weighted by Crippen LogP contribution is 2.17. The number of benzene rings is 1. The molecule has 0 aromatic heterocycles. The minimum atomic E-state index is -0.124. The molecule has 88 valence electrons. The topological polar surface area (TPSA) is 53.3 Å². The minimum Gasteiger partial charge on any atom is -0.378 e. The zero-order valence-corrected chi connectivity index (χ0v) is 9.56. The van der Waals surface area contributed by atoms with Crippen molar-refractivity contribution < 1.29 is 9.53 Å². The van der Waals surface area contributed by atoms with E-state index in [2.05, 4.69) is 4.90 Å². The Morgan fingerprint density at radius 2 is 1.94 bits per heavy atom. The number of anilines is 1. The van der Waals surface area contributed by atoms with Crippen LogP contribution in [0.15, 0.2) is 24.3 Å². The molecule has 0 radical (unpaired) electrons. The van der Waals surface area contributed by atoms with Gasteiger partial charge in [-0.15, -0.1) is 0 Å². The summed E-state index contributed by atoms with van der Waals surface area (Å²) < 4.78 is 5.28. The predicted molar refractivity (Wildman–Crippen MR) is 64.0 cm³/mol. The van der Waals surface area contributed by atoms with Gasteiger partial charge in [0.15, 0.2) is 5.78 Å². The Kier molecular flexibility index (Phi) is 3.73. The third-order valence-electron chi connectivity index (χ3n) is 2.81. The largest absolute Gasteiger partial charge is 0.378 e. The smallest absolute Gasteiger partial charge is 0.176 e. The van der Waals surface area contributed by atoms with Crippen LogP contribution in [-0.2, 0) is 4.74 Å². The van der Waals surface area contributed by atoms with E-state index in [9.17, 15) is 4.79 Å². The first kappa shape index (κ1) is 11.6. The second-order valence-electron chi connectivity index (χ2n) is 3.90. The highest BCUT2D eigenvalue weighted by Gasteiger charge is 2.11. The second kappa shape index (κ2) is 5.46. The fourth-order valence-corrected chi connectivity index (χ4v) is 1.85. The van der Waals surface area contributed by atoms with Gasteiger partial charge in [-0.3, -0.25) is 4.79 Å². The average Bonchev–Trinajstić information content (AvgIpc) is 2.40. The second-order valence-corrected chi connectivity index (χ2v) is 3.90. The molecule has 0 amide bonds. The van der Waals surface area contributed by atoms with E-state index in [0.717, 1.165) is 32.0 Å². The van der Waals surface area contributed by atoms with E-state index >= 15 is 0 Å². The van der Waals surface area contributed by atoms with Crippen molar-refractivity contribution in [3.05, 3.63) is 29.8 Å². The molecule has 0 spiro atoms. The highest BCUT2D eigenvalue weighted by atomic mass is 16.5. The van der Waals surface area contributed by atoms with Gasteiger partial charge in [0.2, 0.25) is 0 Å². The minimum absolute atomic E-state index is 0.0586. The van der Waals surface area contributed by atoms with Gasteiger partial charge in [-0.25, -0.2) is 0 Å². The van der Waals surface area contributed by atoms with E-state index in [0.29, 0.717) is 5.56 Å². The van der Waals surface area contributed by atoms with Crippen LogP contribution in [0.1, 0.15) is 16.8 Å². The quantitative estimate of drug-likeness (QED) is 0.740. The molecule has 17 heavy (non-hydrogen) atoms. The molecule has 1 heterocycles. The van der Waals surface area contributed by atoms with Crippen LogP contribution in [0.4, 0.5) is 5.69 Å². The van der Waals surface area contributed by atoms with Crippen LogP contribution >= 0.6 is 0 Å². The molecule has 2 rings (SSSR count). The maximum Gasteiger partial charge on any atom is 0.176 e. The number of ketones is 1. The molecule has 1 saturated heterocycles. The lowest BCUT2D eigenvalue weighted by atomic mass is 10.1. The first-order chi connectivity index (χ1) is 8.31. The molecule has 0 unspecified atom stereocenters. The molecule has 0 bridgehead atoms. The summed E-state index contributed by atoms with van der Waals surface area (Å²) in [6.45, 7) is 3.25. The van der Waals surface area contributed by atoms with E-state index in [-0.39, 0.29) is 12.2 Å². The Balaban J connectivity index is 2.07. The third kappa shape index (κ3) is 2.83. The van der Waals surface area contributed by atoms with Crippen molar-refractivity contribution in [3.8, 4) is 6.07 Å². The maximum absolute atomic E-state index is 11.5. The Bertz CT molecular complexity index is 428. The molecule has 0 saturated carbocycles. The molecule has 4 nitrogen and oxygen atoms in total. The zero-order valence-electron chi connectivity index (χ0n) is 9.56. The van der Waals surface area contributed by atoms with Gasteiger partial charge in [0.05, 0.1) is 25.7 Å². The summed E-state index contributed by atoms with van der Waals surface area (Å²) in [6, 6.07) is 9.28. The van der Waals surface area contributed by atoms with E-state index < -0.39 is 0 Å². The summed E-state index contributed by atoms with van der Waals surface area (Å²) in [6.07, 6.45) is -0.0586. The van der Waals surface area contributed by atoms with Gasteiger partial charge in [0, 0.05) is 24.3 Å². The molecule has 1 aliphatic rings. The fourth-order valence-electron chi connectivity index (χ4n) is 1.85. The van der Waals surface area contributed by atoms with Gasteiger partial charge >= 0.3 is 0 Å². The lowest BCUT2D eigenvalue weighted by Crippen LogP contribution is -2.36. The number of carbonyl (C=O) groups is 1. The number of hydrogen-bond acceptors (Lipinski definition) is 4. The molecule has 0 aliphatic carbocycles. The van der Waals surface area contributed by atoms with Crippen LogP contribution < -0.4 is 4.90 Å². The first-order valence-electron chi connectivity index (χ1n) is 5.64. The molecule has 1 aliphatic heterocycles. The van der Waals surface area contributed by atoms with E-state index in [1.807, 2.05) is 18.2 Å². The number of nitriles is 1. The Morgan fingerprint density at radius 1 is 1.29 bits per heavy atom. The molecule has 1 aromatic carbocycles. The van der Waals surface area contributed by atoms with Gasteiger partial charge < -0.3 is 9.64 Å². The van der Waals surface area contributed by atoms with Crippen LogP contribution in [0.25, 0.3) is 0 Å². The third-order valence-corrected chi connectivity index (χ3v) is 2.81. The summed E-state index contributed by atoms with van der Waals surface area (Å²) in [5, 5.41) is 8.46. The molecule has 1 fully saturated rings. The number of hydrogen-bond donors (Lipinski definition) is 0. The average molecular weight is 230 g/mol. The van der Waals surface area contributed by atoms with Crippen LogP contribution in [0.5, 0.6) is 0 Å². The monoisotopic (exact) mass is 230 g/mol. The fraction of sp³-hybridized carbons (Fsp3) is 0.385. The van der Waals surface area contributed by atoms with Crippen LogP contribution in [0.3, 0.4) is 0 Å². The molecular formula is C13H14N2O2. The lowest BCUT2D eigenvalue weighted by molar-refractivity contribution is 0.0997. The van der Waals surface area contributed by atoms with Gasteiger partial charge in [-0.2, -0.15) is 5.26 Å². The predicted octanol–water partition coefficient (Wildman–Crippen LogP) is 1.62. The number of carbonyl (C=O) groups excluding carboxylic acids is 1. The molecular weight excluding hydrogens is 216 g/mol. The van der Waals surface area contributed by atoms with Gasteiger partial charge in [-0.05, 0) is 24.3 Å². The van der Waals surface area contributed by atoms with Gasteiger partial charge in [-0.1, -0.05) is 0 Å². The summed E-state index contributed by atoms with van der Waals surface area (Å²) in [4.78, 5) is 13.7. The summed E-state index contributed by atoms with van der Waals surface area (Å²) in [5.74, 6) is -0.124. The molecule has 0 N–H and O–H groups in total.